The highest BCUT2D eigenvalue weighted by Gasteiger charge is 2.27. The predicted octanol–water partition coefficient (Wildman–Crippen LogP) is 1.46. The van der Waals surface area contributed by atoms with Gasteiger partial charge in [-0.05, 0) is 32.2 Å². The van der Waals surface area contributed by atoms with E-state index in [0.29, 0.717) is 12.5 Å². The largest absolute Gasteiger partial charge is 0.350 e. The van der Waals surface area contributed by atoms with E-state index >= 15 is 0 Å². The fourth-order valence-corrected chi connectivity index (χ4v) is 2.89. The van der Waals surface area contributed by atoms with Crippen LogP contribution in [-0.2, 0) is 11.3 Å². The van der Waals surface area contributed by atoms with Gasteiger partial charge in [0.2, 0.25) is 5.91 Å². The lowest BCUT2D eigenvalue weighted by atomic mass is 9.92. The van der Waals surface area contributed by atoms with E-state index in [2.05, 4.69) is 22.5 Å². The Hall–Kier alpha value is -0.940. The fourth-order valence-electron chi connectivity index (χ4n) is 2.17. The van der Waals surface area contributed by atoms with Crippen LogP contribution in [0.1, 0.15) is 30.3 Å². The number of rotatable bonds is 3. The topological polar surface area (TPSA) is 54.0 Å². The van der Waals surface area contributed by atoms with Crippen LogP contribution in [0, 0.1) is 12.8 Å². The molecule has 1 amide bonds. The summed E-state index contributed by atoms with van der Waals surface area (Å²) in [6.45, 7) is 5.65. The van der Waals surface area contributed by atoms with Gasteiger partial charge in [-0.1, -0.05) is 6.92 Å². The summed E-state index contributed by atoms with van der Waals surface area (Å²) in [6, 6.07) is -0.0306. The Kier molecular flexibility index (Phi) is 4.12. The average molecular weight is 253 g/mol. The van der Waals surface area contributed by atoms with Gasteiger partial charge in [0.05, 0.1) is 23.8 Å². The van der Waals surface area contributed by atoms with Gasteiger partial charge in [-0.3, -0.25) is 4.79 Å². The molecule has 5 heteroatoms. The summed E-state index contributed by atoms with van der Waals surface area (Å²) < 4.78 is 0. The Morgan fingerprint density at radius 3 is 3.18 bits per heavy atom. The van der Waals surface area contributed by atoms with E-state index in [-0.39, 0.29) is 11.9 Å². The van der Waals surface area contributed by atoms with Crippen molar-refractivity contribution in [2.75, 3.05) is 6.54 Å². The van der Waals surface area contributed by atoms with E-state index in [1.807, 2.05) is 12.4 Å². The second kappa shape index (κ2) is 5.60. The zero-order chi connectivity index (χ0) is 12.3. The molecule has 0 bridgehead atoms. The van der Waals surface area contributed by atoms with Crippen molar-refractivity contribution in [3.8, 4) is 0 Å². The van der Waals surface area contributed by atoms with Gasteiger partial charge in [0.15, 0.2) is 0 Å². The van der Waals surface area contributed by atoms with Crippen molar-refractivity contribution in [1.82, 2.24) is 15.6 Å². The second-order valence-corrected chi connectivity index (χ2v) is 5.57. The molecule has 2 rings (SSSR count). The number of amides is 1. The van der Waals surface area contributed by atoms with Gasteiger partial charge in [-0.25, -0.2) is 4.98 Å². The minimum absolute atomic E-state index is 0.0306. The Balaban J connectivity index is 1.86. The molecule has 94 valence electrons. The molecule has 2 atom stereocenters. The van der Waals surface area contributed by atoms with Crippen molar-refractivity contribution in [2.45, 2.75) is 39.3 Å². The van der Waals surface area contributed by atoms with Crippen LogP contribution in [0.4, 0.5) is 0 Å². The van der Waals surface area contributed by atoms with E-state index in [1.54, 1.807) is 11.3 Å². The van der Waals surface area contributed by atoms with Crippen molar-refractivity contribution in [3.63, 3.8) is 0 Å². The number of nitrogens with one attached hydrogen (secondary N) is 2. The minimum Gasteiger partial charge on any atom is -0.350 e. The Morgan fingerprint density at radius 1 is 1.71 bits per heavy atom. The lowest BCUT2D eigenvalue weighted by Crippen LogP contribution is -2.50. The zero-order valence-electron chi connectivity index (χ0n) is 10.3. The quantitative estimate of drug-likeness (QED) is 0.857. The number of aromatic nitrogens is 1. The molecule has 1 aliphatic rings. The SMILES string of the molecule is Cc1ncsc1CNC(=O)C1NCCCC1C. The number of thiazole rings is 1. The number of carbonyl (C=O) groups excluding carboxylic acids is 1. The van der Waals surface area contributed by atoms with Crippen LogP contribution >= 0.6 is 11.3 Å². The van der Waals surface area contributed by atoms with Gasteiger partial charge < -0.3 is 10.6 Å². The monoisotopic (exact) mass is 253 g/mol. The smallest absolute Gasteiger partial charge is 0.237 e. The van der Waals surface area contributed by atoms with Crippen molar-refractivity contribution >= 4 is 17.2 Å². The highest BCUT2D eigenvalue weighted by molar-refractivity contribution is 7.09. The third-order valence-electron chi connectivity index (χ3n) is 3.32. The van der Waals surface area contributed by atoms with E-state index < -0.39 is 0 Å². The first kappa shape index (κ1) is 12.5. The van der Waals surface area contributed by atoms with Crippen LogP contribution < -0.4 is 10.6 Å². The van der Waals surface area contributed by atoms with Gasteiger partial charge in [0.1, 0.15) is 0 Å². The first-order valence-electron chi connectivity index (χ1n) is 6.08. The maximum Gasteiger partial charge on any atom is 0.237 e. The molecule has 17 heavy (non-hydrogen) atoms. The summed E-state index contributed by atoms with van der Waals surface area (Å²) in [5.74, 6) is 0.538. The molecule has 0 spiro atoms. The molecule has 2 N–H and O–H groups in total. The lowest BCUT2D eigenvalue weighted by Gasteiger charge is -2.28. The number of aryl methyl sites for hydroxylation is 1. The summed E-state index contributed by atoms with van der Waals surface area (Å²) in [7, 11) is 0. The molecule has 2 unspecified atom stereocenters. The molecule has 1 aromatic heterocycles. The Morgan fingerprint density at radius 2 is 2.53 bits per heavy atom. The van der Waals surface area contributed by atoms with Crippen LogP contribution in [0.25, 0.3) is 0 Å². The number of hydrogen-bond acceptors (Lipinski definition) is 4. The summed E-state index contributed by atoms with van der Waals surface area (Å²) in [4.78, 5) is 17.3. The molecule has 2 heterocycles. The average Bonchev–Trinajstić information content (AvgIpc) is 2.72. The van der Waals surface area contributed by atoms with Crippen LogP contribution in [0.15, 0.2) is 5.51 Å². The normalized spacial score (nSPS) is 24.6. The number of carbonyl (C=O) groups is 1. The third-order valence-corrected chi connectivity index (χ3v) is 4.26. The molecule has 0 aromatic carbocycles. The highest BCUT2D eigenvalue weighted by Crippen LogP contribution is 2.16. The van der Waals surface area contributed by atoms with E-state index in [1.165, 1.54) is 6.42 Å². The predicted molar refractivity (Wildman–Crippen MR) is 68.9 cm³/mol. The first-order chi connectivity index (χ1) is 8.18. The second-order valence-electron chi connectivity index (χ2n) is 4.63. The van der Waals surface area contributed by atoms with Crippen LogP contribution in [0.3, 0.4) is 0 Å². The van der Waals surface area contributed by atoms with Gasteiger partial charge in [-0.2, -0.15) is 0 Å². The van der Waals surface area contributed by atoms with Gasteiger partial charge >= 0.3 is 0 Å². The third kappa shape index (κ3) is 3.04. The molecular formula is C12H19N3OS. The van der Waals surface area contributed by atoms with Gasteiger partial charge in [-0.15, -0.1) is 11.3 Å². The molecule has 0 aliphatic carbocycles. The van der Waals surface area contributed by atoms with Crippen LogP contribution in [0.2, 0.25) is 0 Å². The summed E-state index contributed by atoms with van der Waals surface area (Å²) in [6.07, 6.45) is 2.30. The molecule has 4 nitrogen and oxygen atoms in total. The summed E-state index contributed by atoms with van der Waals surface area (Å²) >= 11 is 1.59. The number of piperidine rings is 1. The molecule has 1 aliphatic heterocycles. The van der Waals surface area contributed by atoms with Crippen LogP contribution in [-0.4, -0.2) is 23.5 Å². The first-order valence-corrected chi connectivity index (χ1v) is 6.96. The van der Waals surface area contributed by atoms with Gasteiger partial charge in [0.25, 0.3) is 0 Å². The van der Waals surface area contributed by atoms with E-state index in [9.17, 15) is 4.79 Å². The maximum absolute atomic E-state index is 12.0. The zero-order valence-corrected chi connectivity index (χ0v) is 11.1. The standard InChI is InChI=1S/C12H19N3OS/c1-8-4-3-5-13-11(8)12(16)14-6-10-9(2)15-7-17-10/h7-8,11,13H,3-6H2,1-2H3,(H,14,16). The van der Waals surface area contributed by atoms with Crippen LogP contribution in [0.5, 0.6) is 0 Å². The molecule has 0 saturated carbocycles. The highest BCUT2D eigenvalue weighted by atomic mass is 32.1. The molecule has 1 saturated heterocycles. The molecule has 1 fully saturated rings. The van der Waals surface area contributed by atoms with E-state index in [0.717, 1.165) is 23.5 Å². The summed E-state index contributed by atoms with van der Waals surface area (Å²) in [5.41, 5.74) is 2.83. The van der Waals surface area contributed by atoms with Crippen molar-refractivity contribution in [2.24, 2.45) is 5.92 Å². The van der Waals surface area contributed by atoms with Gasteiger partial charge in [0, 0.05) is 4.88 Å². The molecule has 1 aromatic rings. The lowest BCUT2D eigenvalue weighted by molar-refractivity contribution is -0.125. The van der Waals surface area contributed by atoms with E-state index in [4.69, 9.17) is 0 Å². The maximum atomic E-state index is 12.0. The van der Waals surface area contributed by atoms with Crippen molar-refractivity contribution in [3.05, 3.63) is 16.1 Å². The number of nitrogens with zero attached hydrogens (tertiary/aromatic N) is 1. The Labute approximate surface area is 106 Å². The summed E-state index contributed by atoms with van der Waals surface area (Å²) in [5, 5.41) is 6.28. The fraction of sp³-hybridized carbons (Fsp3) is 0.667. The van der Waals surface area contributed by atoms with Crippen molar-refractivity contribution < 1.29 is 4.79 Å². The number of hydrogen-bond donors (Lipinski definition) is 2. The molecule has 0 radical (unpaired) electrons. The molecular weight excluding hydrogens is 234 g/mol. The minimum atomic E-state index is -0.0306. The van der Waals surface area contributed by atoms with Crippen molar-refractivity contribution in [1.29, 1.82) is 0 Å². The Bertz CT molecular complexity index is 391.